The number of carbonyl (C=O) groups excluding carboxylic acids is 1. The van der Waals surface area contributed by atoms with E-state index >= 15 is 0 Å². The largest absolute Gasteiger partial charge is 0.468 e. The van der Waals surface area contributed by atoms with E-state index in [0.717, 1.165) is 12.2 Å². The molecule has 1 aromatic rings. The lowest BCUT2D eigenvalue weighted by atomic mass is 10.2. The number of ether oxygens (including phenoxy) is 1. The molecule has 1 atom stereocenters. The summed E-state index contributed by atoms with van der Waals surface area (Å²) >= 11 is 1.73. The number of hydrogen-bond acceptors (Lipinski definition) is 4. The van der Waals surface area contributed by atoms with Gasteiger partial charge in [0.1, 0.15) is 6.04 Å². The first-order valence-corrected chi connectivity index (χ1v) is 7.01. The van der Waals surface area contributed by atoms with Crippen molar-refractivity contribution in [1.29, 1.82) is 0 Å². The van der Waals surface area contributed by atoms with E-state index in [1.165, 1.54) is 12.7 Å². The standard InChI is InChI=1S/C13H19NO2S.ClH/c1-16-13(15)12(8-9-17-2)14-10-11-6-4-3-5-7-11;/h3-7,12,14H,8-10H2,1-2H3;1H/t12-;/m0./s1. The first-order chi connectivity index (χ1) is 8.27. The zero-order chi connectivity index (χ0) is 12.5. The van der Waals surface area contributed by atoms with E-state index < -0.39 is 0 Å². The summed E-state index contributed by atoms with van der Waals surface area (Å²) in [6.45, 7) is 0.689. The summed E-state index contributed by atoms with van der Waals surface area (Å²) in [5.74, 6) is 0.761. The molecule has 1 N–H and O–H groups in total. The van der Waals surface area contributed by atoms with Gasteiger partial charge in [-0.25, -0.2) is 0 Å². The fraction of sp³-hybridized carbons (Fsp3) is 0.462. The molecule has 0 saturated carbocycles. The molecule has 5 heteroatoms. The highest BCUT2D eigenvalue weighted by Crippen LogP contribution is 2.04. The SMILES string of the molecule is COC(=O)[C@H](CCSC)NCc1ccccc1.Cl. The van der Waals surface area contributed by atoms with Crippen molar-refractivity contribution in [3.63, 3.8) is 0 Å². The first kappa shape index (κ1) is 17.3. The van der Waals surface area contributed by atoms with Crippen LogP contribution in [0, 0.1) is 0 Å². The van der Waals surface area contributed by atoms with Crippen molar-refractivity contribution in [2.75, 3.05) is 19.1 Å². The Morgan fingerprint density at radius 3 is 2.61 bits per heavy atom. The minimum Gasteiger partial charge on any atom is -0.468 e. The second-order valence-corrected chi connectivity index (χ2v) is 4.71. The maximum atomic E-state index is 11.5. The lowest BCUT2D eigenvalue weighted by Gasteiger charge is -2.15. The molecule has 18 heavy (non-hydrogen) atoms. The van der Waals surface area contributed by atoms with Crippen LogP contribution in [0.1, 0.15) is 12.0 Å². The molecule has 0 aliphatic carbocycles. The first-order valence-electron chi connectivity index (χ1n) is 5.62. The van der Waals surface area contributed by atoms with Gasteiger partial charge >= 0.3 is 5.97 Å². The van der Waals surface area contributed by atoms with Crippen molar-refractivity contribution in [1.82, 2.24) is 5.32 Å². The number of hydrogen-bond donors (Lipinski definition) is 1. The lowest BCUT2D eigenvalue weighted by Crippen LogP contribution is -2.37. The van der Waals surface area contributed by atoms with Gasteiger partial charge in [0.15, 0.2) is 0 Å². The normalized spacial score (nSPS) is 11.4. The molecule has 1 aromatic carbocycles. The number of nitrogens with one attached hydrogen (secondary N) is 1. The van der Waals surface area contributed by atoms with E-state index in [9.17, 15) is 4.79 Å². The molecule has 0 aliphatic rings. The van der Waals surface area contributed by atoms with Gasteiger partial charge in [-0.15, -0.1) is 12.4 Å². The Morgan fingerprint density at radius 1 is 1.39 bits per heavy atom. The minimum absolute atomic E-state index is 0. The van der Waals surface area contributed by atoms with Crippen LogP contribution in [0.3, 0.4) is 0 Å². The van der Waals surface area contributed by atoms with E-state index in [1.54, 1.807) is 11.8 Å². The lowest BCUT2D eigenvalue weighted by molar-refractivity contribution is -0.143. The second kappa shape index (κ2) is 10.2. The quantitative estimate of drug-likeness (QED) is 0.783. The van der Waals surface area contributed by atoms with E-state index in [4.69, 9.17) is 4.74 Å². The van der Waals surface area contributed by atoms with Crippen LogP contribution in [-0.4, -0.2) is 31.1 Å². The maximum absolute atomic E-state index is 11.5. The molecule has 0 amide bonds. The van der Waals surface area contributed by atoms with Crippen LogP contribution in [0.2, 0.25) is 0 Å². The molecule has 0 saturated heterocycles. The highest BCUT2D eigenvalue weighted by Gasteiger charge is 2.17. The highest BCUT2D eigenvalue weighted by atomic mass is 35.5. The number of thioether (sulfide) groups is 1. The van der Waals surface area contributed by atoms with Gasteiger partial charge in [-0.3, -0.25) is 4.79 Å². The summed E-state index contributed by atoms with van der Waals surface area (Å²) in [5.41, 5.74) is 1.17. The fourth-order valence-corrected chi connectivity index (χ4v) is 1.99. The summed E-state index contributed by atoms with van der Waals surface area (Å²) in [7, 11) is 1.43. The average molecular weight is 290 g/mol. The number of rotatable bonds is 7. The Balaban J connectivity index is 0.00000289. The third-order valence-corrected chi connectivity index (χ3v) is 3.14. The Kier molecular flexibility index (Phi) is 9.83. The molecule has 0 heterocycles. The average Bonchev–Trinajstić information content (AvgIpc) is 2.39. The van der Waals surface area contributed by atoms with Crippen molar-refractivity contribution in [2.45, 2.75) is 19.0 Å². The van der Waals surface area contributed by atoms with Gasteiger partial charge in [0, 0.05) is 6.54 Å². The van der Waals surface area contributed by atoms with Gasteiger partial charge in [-0.2, -0.15) is 11.8 Å². The molecule has 0 fully saturated rings. The van der Waals surface area contributed by atoms with E-state index in [0.29, 0.717) is 6.54 Å². The predicted molar refractivity (Wildman–Crippen MR) is 79.3 cm³/mol. The minimum atomic E-state index is -0.215. The summed E-state index contributed by atoms with van der Waals surface area (Å²) < 4.78 is 4.79. The fourth-order valence-electron chi connectivity index (χ4n) is 1.52. The van der Waals surface area contributed by atoms with E-state index in [2.05, 4.69) is 5.32 Å². The van der Waals surface area contributed by atoms with E-state index in [-0.39, 0.29) is 24.4 Å². The Morgan fingerprint density at radius 2 is 2.06 bits per heavy atom. The Hall–Kier alpha value is -0.710. The number of methoxy groups -OCH3 is 1. The van der Waals surface area contributed by atoms with Gasteiger partial charge in [0.05, 0.1) is 7.11 Å². The van der Waals surface area contributed by atoms with Crippen molar-refractivity contribution >= 4 is 30.1 Å². The molecule has 0 radical (unpaired) electrons. The molecule has 0 aliphatic heterocycles. The van der Waals surface area contributed by atoms with Gasteiger partial charge < -0.3 is 10.1 Å². The molecule has 3 nitrogen and oxygen atoms in total. The molecular formula is C13H20ClNO2S. The van der Waals surface area contributed by atoms with Gasteiger partial charge in [0.25, 0.3) is 0 Å². The van der Waals surface area contributed by atoms with Crippen LogP contribution in [0.5, 0.6) is 0 Å². The van der Waals surface area contributed by atoms with Crippen molar-refractivity contribution in [3.8, 4) is 0 Å². The van der Waals surface area contributed by atoms with E-state index in [1.807, 2.05) is 36.6 Å². The van der Waals surface area contributed by atoms with Crippen LogP contribution in [-0.2, 0) is 16.1 Å². The third-order valence-electron chi connectivity index (χ3n) is 2.49. The third kappa shape index (κ3) is 6.28. The topological polar surface area (TPSA) is 38.3 Å². The number of carbonyl (C=O) groups is 1. The molecule has 102 valence electrons. The van der Waals surface area contributed by atoms with Crippen LogP contribution < -0.4 is 5.32 Å². The second-order valence-electron chi connectivity index (χ2n) is 3.72. The van der Waals surface area contributed by atoms with Crippen LogP contribution in [0.25, 0.3) is 0 Å². The zero-order valence-electron chi connectivity index (χ0n) is 10.7. The molecule has 0 aromatic heterocycles. The number of benzene rings is 1. The van der Waals surface area contributed by atoms with Gasteiger partial charge in [-0.05, 0) is 24.0 Å². The van der Waals surface area contributed by atoms with Gasteiger partial charge in [-0.1, -0.05) is 30.3 Å². The van der Waals surface area contributed by atoms with Crippen LogP contribution >= 0.6 is 24.2 Å². The summed E-state index contributed by atoms with van der Waals surface area (Å²) in [6, 6.07) is 9.83. The monoisotopic (exact) mass is 289 g/mol. The van der Waals surface area contributed by atoms with Crippen molar-refractivity contribution < 1.29 is 9.53 Å². The van der Waals surface area contributed by atoms with Crippen LogP contribution in [0.15, 0.2) is 30.3 Å². The van der Waals surface area contributed by atoms with Gasteiger partial charge in [0.2, 0.25) is 0 Å². The van der Waals surface area contributed by atoms with Crippen LogP contribution in [0.4, 0.5) is 0 Å². The molecule has 1 rings (SSSR count). The smallest absolute Gasteiger partial charge is 0.322 e. The highest BCUT2D eigenvalue weighted by molar-refractivity contribution is 7.98. The predicted octanol–water partition coefficient (Wildman–Crippen LogP) is 2.49. The number of halogens is 1. The molecule has 0 spiro atoms. The molecule has 0 bridgehead atoms. The summed E-state index contributed by atoms with van der Waals surface area (Å²) in [6.07, 6.45) is 2.83. The van der Waals surface area contributed by atoms with Crippen molar-refractivity contribution in [2.24, 2.45) is 0 Å². The Bertz CT molecular complexity index is 335. The van der Waals surface area contributed by atoms with Crippen molar-refractivity contribution in [3.05, 3.63) is 35.9 Å². The molecule has 0 unspecified atom stereocenters. The summed E-state index contributed by atoms with van der Waals surface area (Å²) in [4.78, 5) is 11.5. The maximum Gasteiger partial charge on any atom is 0.322 e. The zero-order valence-corrected chi connectivity index (χ0v) is 12.4. The Labute approximate surface area is 119 Å². The number of esters is 1. The molecular weight excluding hydrogens is 270 g/mol. The summed E-state index contributed by atoms with van der Waals surface area (Å²) in [5, 5.41) is 3.23.